The van der Waals surface area contributed by atoms with Crippen LogP contribution in [0.1, 0.15) is 58.3 Å². The minimum absolute atomic E-state index is 0.385. The molecule has 4 bridgehead atoms. The van der Waals surface area contributed by atoms with Gasteiger partial charge in [0.25, 0.3) is 0 Å². The normalized spacial score (nSPS) is 41.1. The zero-order valence-electron chi connectivity index (χ0n) is 12.3. The third-order valence-electron chi connectivity index (χ3n) is 5.77. The van der Waals surface area contributed by atoms with Gasteiger partial charge in [-0.1, -0.05) is 13.3 Å². The fraction of sp³-hybridized carbons (Fsp3) is 1.00. The van der Waals surface area contributed by atoms with Crippen molar-refractivity contribution < 1.29 is 8.42 Å². The second kappa shape index (κ2) is 4.73. The van der Waals surface area contributed by atoms with Crippen LogP contribution in [0.2, 0.25) is 0 Å². The molecule has 4 heteroatoms. The van der Waals surface area contributed by atoms with Crippen molar-refractivity contribution in [1.82, 2.24) is 4.31 Å². The maximum atomic E-state index is 13.0. The van der Waals surface area contributed by atoms with Gasteiger partial charge in [0, 0.05) is 13.6 Å². The molecular weight excluding hydrogens is 258 g/mol. The van der Waals surface area contributed by atoms with Gasteiger partial charge in [-0.3, -0.25) is 0 Å². The number of rotatable bonds is 5. The summed E-state index contributed by atoms with van der Waals surface area (Å²) in [6.45, 7) is 2.81. The monoisotopic (exact) mass is 285 g/mol. The highest BCUT2D eigenvalue weighted by atomic mass is 32.2. The summed E-state index contributed by atoms with van der Waals surface area (Å²) in [5, 5.41) is 0. The van der Waals surface area contributed by atoms with E-state index in [-0.39, 0.29) is 4.75 Å². The predicted octanol–water partition coefficient (Wildman–Crippen LogP) is 3.02. The topological polar surface area (TPSA) is 37.4 Å². The Labute approximate surface area is 117 Å². The average Bonchev–Trinajstić information content (AvgIpc) is 2.34. The fourth-order valence-corrected chi connectivity index (χ4v) is 7.55. The number of unbranched alkanes of at least 4 members (excludes halogenated alkanes) is 1. The molecule has 0 aromatic rings. The summed E-state index contributed by atoms with van der Waals surface area (Å²) in [7, 11) is -1.30. The van der Waals surface area contributed by atoms with Gasteiger partial charge in [0.05, 0.1) is 4.75 Å². The van der Waals surface area contributed by atoms with Gasteiger partial charge in [0.2, 0.25) is 10.0 Å². The van der Waals surface area contributed by atoms with Crippen LogP contribution in [0.25, 0.3) is 0 Å². The Hall–Kier alpha value is -0.0900. The van der Waals surface area contributed by atoms with Gasteiger partial charge in [0.1, 0.15) is 0 Å². The molecule has 0 aromatic carbocycles. The van der Waals surface area contributed by atoms with E-state index >= 15 is 0 Å². The lowest BCUT2D eigenvalue weighted by Gasteiger charge is -2.56. The zero-order valence-corrected chi connectivity index (χ0v) is 13.1. The van der Waals surface area contributed by atoms with Gasteiger partial charge in [-0.05, 0) is 62.7 Å². The molecule has 4 rings (SSSR count). The molecule has 0 amide bonds. The molecule has 0 radical (unpaired) electrons. The first-order valence-electron chi connectivity index (χ1n) is 7.93. The first kappa shape index (κ1) is 13.9. The molecule has 3 nitrogen and oxygen atoms in total. The zero-order chi connectivity index (χ0) is 13.7. The van der Waals surface area contributed by atoms with E-state index in [0.717, 1.165) is 32.1 Å². The van der Waals surface area contributed by atoms with E-state index in [0.29, 0.717) is 24.3 Å². The Kier molecular flexibility index (Phi) is 3.45. The Balaban J connectivity index is 1.84. The van der Waals surface area contributed by atoms with Gasteiger partial charge >= 0.3 is 0 Å². The van der Waals surface area contributed by atoms with Crippen LogP contribution in [0.3, 0.4) is 0 Å². The molecule has 0 aromatic heterocycles. The van der Waals surface area contributed by atoms with E-state index in [4.69, 9.17) is 0 Å². The third-order valence-corrected chi connectivity index (χ3v) is 8.36. The average molecular weight is 285 g/mol. The summed E-state index contributed by atoms with van der Waals surface area (Å²) in [6, 6.07) is 0. The standard InChI is InChI=1S/C15H27NO2S/c1-3-4-5-16(2)19(17,18)15-9-12-6-13(10-15)8-14(7-12)11-15/h12-14H,3-11H2,1-2H3. The van der Waals surface area contributed by atoms with Gasteiger partial charge in [-0.15, -0.1) is 0 Å². The van der Waals surface area contributed by atoms with Gasteiger partial charge < -0.3 is 0 Å². The van der Waals surface area contributed by atoms with Gasteiger partial charge in [-0.25, -0.2) is 12.7 Å². The maximum Gasteiger partial charge on any atom is 0.219 e. The van der Waals surface area contributed by atoms with Crippen LogP contribution < -0.4 is 0 Å². The Morgan fingerprint density at radius 2 is 1.53 bits per heavy atom. The third kappa shape index (κ3) is 2.15. The van der Waals surface area contributed by atoms with Crippen molar-refractivity contribution >= 4 is 10.0 Å². The molecule has 0 heterocycles. The van der Waals surface area contributed by atoms with Crippen molar-refractivity contribution in [3.05, 3.63) is 0 Å². The van der Waals surface area contributed by atoms with E-state index in [1.165, 1.54) is 19.3 Å². The van der Waals surface area contributed by atoms with E-state index in [2.05, 4.69) is 6.92 Å². The van der Waals surface area contributed by atoms with Gasteiger partial charge in [0.15, 0.2) is 0 Å². The summed E-state index contributed by atoms with van der Waals surface area (Å²) in [5.74, 6) is 2.09. The second-order valence-corrected chi connectivity index (χ2v) is 9.72. The summed E-state index contributed by atoms with van der Waals surface area (Å²) in [4.78, 5) is 0. The number of nitrogens with zero attached hydrogens (tertiary/aromatic N) is 1. The van der Waals surface area contributed by atoms with Crippen LogP contribution in [-0.2, 0) is 10.0 Å². The number of hydrogen-bond acceptors (Lipinski definition) is 2. The highest BCUT2D eigenvalue weighted by Crippen LogP contribution is 2.58. The van der Waals surface area contributed by atoms with Crippen LogP contribution in [0, 0.1) is 17.8 Å². The van der Waals surface area contributed by atoms with Crippen molar-refractivity contribution in [1.29, 1.82) is 0 Å². The van der Waals surface area contributed by atoms with Crippen molar-refractivity contribution in [2.75, 3.05) is 13.6 Å². The van der Waals surface area contributed by atoms with Crippen molar-refractivity contribution in [2.24, 2.45) is 17.8 Å². The molecule has 4 fully saturated rings. The molecule has 0 saturated heterocycles. The number of hydrogen-bond donors (Lipinski definition) is 0. The quantitative estimate of drug-likeness (QED) is 0.778. The fourth-order valence-electron chi connectivity index (χ4n) is 5.18. The molecule has 0 atom stereocenters. The lowest BCUT2D eigenvalue weighted by Crippen LogP contribution is -2.58. The minimum atomic E-state index is -3.10. The summed E-state index contributed by atoms with van der Waals surface area (Å²) < 4.78 is 27.3. The summed E-state index contributed by atoms with van der Waals surface area (Å²) in [6.07, 6.45) is 8.75. The van der Waals surface area contributed by atoms with Crippen LogP contribution in [0.4, 0.5) is 0 Å². The molecule has 0 unspecified atom stereocenters. The lowest BCUT2D eigenvalue weighted by molar-refractivity contribution is 0.0316. The molecule has 0 aliphatic heterocycles. The first-order valence-corrected chi connectivity index (χ1v) is 9.37. The first-order chi connectivity index (χ1) is 8.97. The second-order valence-electron chi connectivity index (χ2n) is 7.28. The Morgan fingerprint density at radius 1 is 1.05 bits per heavy atom. The minimum Gasteiger partial charge on any atom is -0.212 e. The largest absolute Gasteiger partial charge is 0.219 e. The molecule has 110 valence electrons. The van der Waals surface area contributed by atoms with E-state index in [1.54, 1.807) is 11.4 Å². The van der Waals surface area contributed by atoms with Crippen LogP contribution in [0.5, 0.6) is 0 Å². The summed E-state index contributed by atoms with van der Waals surface area (Å²) in [5.41, 5.74) is 0. The number of sulfonamides is 1. The maximum absolute atomic E-state index is 13.0. The molecule has 4 saturated carbocycles. The lowest BCUT2D eigenvalue weighted by atomic mass is 9.56. The Bertz CT molecular complexity index is 408. The van der Waals surface area contributed by atoms with Crippen LogP contribution in [-0.4, -0.2) is 31.1 Å². The smallest absolute Gasteiger partial charge is 0.212 e. The molecule has 0 N–H and O–H groups in total. The van der Waals surface area contributed by atoms with E-state index in [9.17, 15) is 8.42 Å². The summed E-state index contributed by atoms with van der Waals surface area (Å²) >= 11 is 0. The van der Waals surface area contributed by atoms with Gasteiger partial charge in [-0.2, -0.15) is 0 Å². The van der Waals surface area contributed by atoms with Crippen molar-refractivity contribution in [3.63, 3.8) is 0 Å². The highest BCUT2D eigenvalue weighted by molar-refractivity contribution is 7.90. The predicted molar refractivity (Wildman–Crippen MR) is 77.4 cm³/mol. The molecule has 4 aliphatic rings. The molecule has 0 spiro atoms. The highest BCUT2D eigenvalue weighted by Gasteiger charge is 2.58. The SMILES string of the molecule is CCCCN(C)S(=O)(=O)C12CC3CC(CC(C3)C1)C2. The molecule has 19 heavy (non-hydrogen) atoms. The molecule has 4 aliphatic carbocycles. The van der Waals surface area contributed by atoms with Crippen molar-refractivity contribution in [2.45, 2.75) is 63.0 Å². The van der Waals surface area contributed by atoms with E-state index < -0.39 is 10.0 Å². The Morgan fingerprint density at radius 3 is 1.95 bits per heavy atom. The van der Waals surface area contributed by atoms with Crippen LogP contribution >= 0.6 is 0 Å². The van der Waals surface area contributed by atoms with Crippen LogP contribution in [0.15, 0.2) is 0 Å². The molecular formula is C15H27NO2S. The van der Waals surface area contributed by atoms with E-state index in [1.807, 2.05) is 0 Å². The van der Waals surface area contributed by atoms with Crippen molar-refractivity contribution in [3.8, 4) is 0 Å².